The summed E-state index contributed by atoms with van der Waals surface area (Å²) in [6, 6.07) is 3.76. The number of carbonyl (C=O) groups excluding carboxylic acids is 1. The van der Waals surface area contributed by atoms with Gasteiger partial charge in [0.25, 0.3) is 0 Å². The standard InChI is InChI=1S/C9H12N2O/c1-7(2)9-4-3-8(5-10-9)11-6-12/h3-7H,1-2H3,(H,11,12). The summed E-state index contributed by atoms with van der Waals surface area (Å²) < 4.78 is 0. The van der Waals surface area contributed by atoms with Gasteiger partial charge in [0, 0.05) is 5.69 Å². The van der Waals surface area contributed by atoms with Crippen LogP contribution in [0.25, 0.3) is 0 Å². The molecule has 1 N–H and O–H groups in total. The van der Waals surface area contributed by atoms with Crippen LogP contribution in [0.3, 0.4) is 0 Å². The summed E-state index contributed by atoms with van der Waals surface area (Å²) >= 11 is 0. The molecule has 0 aliphatic rings. The maximum atomic E-state index is 10.1. The number of nitrogens with zero attached hydrogens (tertiary/aromatic N) is 1. The van der Waals surface area contributed by atoms with Crippen molar-refractivity contribution in [3.8, 4) is 0 Å². The lowest BCUT2D eigenvalue weighted by Gasteiger charge is -2.04. The molecule has 1 aromatic heterocycles. The van der Waals surface area contributed by atoms with Gasteiger partial charge in [0.15, 0.2) is 0 Å². The molecule has 0 fully saturated rings. The third-order valence-electron chi connectivity index (χ3n) is 1.60. The molecule has 64 valence electrons. The van der Waals surface area contributed by atoms with E-state index in [1.165, 1.54) is 0 Å². The van der Waals surface area contributed by atoms with Crippen LogP contribution in [0.5, 0.6) is 0 Å². The van der Waals surface area contributed by atoms with Crippen LogP contribution >= 0.6 is 0 Å². The molecule has 1 amide bonds. The lowest BCUT2D eigenvalue weighted by molar-refractivity contribution is -0.105. The lowest BCUT2D eigenvalue weighted by atomic mass is 10.1. The van der Waals surface area contributed by atoms with Crippen molar-refractivity contribution in [1.82, 2.24) is 4.98 Å². The first-order chi connectivity index (χ1) is 5.74. The summed E-state index contributed by atoms with van der Waals surface area (Å²) in [4.78, 5) is 14.2. The first-order valence-electron chi connectivity index (χ1n) is 3.90. The van der Waals surface area contributed by atoms with Crippen molar-refractivity contribution in [2.24, 2.45) is 0 Å². The number of nitrogens with one attached hydrogen (secondary N) is 1. The zero-order valence-corrected chi connectivity index (χ0v) is 7.24. The highest BCUT2D eigenvalue weighted by molar-refractivity contribution is 5.70. The van der Waals surface area contributed by atoms with Gasteiger partial charge in [0.1, 0.15) is 0 Å². The molecule has 0 aromatic carbocycles. The number of hydrogen-bond donors (Lipinski definition) is 1. The fraction of sp³-hybridized carbons (Fsp3) is 0.333. The zero-order chi connectivity index (χ0) is 8.97. The Bertz CT molecular complexity index is 254. The summed E-state index contributed by atoms with van der Waals surface area (Å²) in [5.41, 5.74) is 1.76. The van der Waals surface area contributed by atoms with Crippen molar-refractivity contribution in [1.29, 1.82) is 0 Å². The van der Waals surface area contributed by atoms with Crippen LogP contribution in [0.4, 0.5) is 5.69 Å². The number of rotatable bonds is 3. The highest BCUT2D eigenvalue weighted by atomic mass is 16.1. The van der Waals surface area contributed by atoms with Crippen molar-refractivity contribution in [3.63, 3.8) is 0 Å². The Kier molecular flexibility index (Phi) is 2.80. The van der Waals surface area contributed by atoms with Gasteiger partial charge in [-0.2, -0.15) is 0 Å². The molecular formula is C9H12N2O. The van der Waals surface area contributed by atoms with Crippen LogP contribution in [0, 0.1) is 0 Å². The van der Waals surface area contributed by atoms with Gasteiger partial charge in [-0.3, -0.25) is 9.78 Å². The molecular weight excluding hydrogens is 152 g/mol. The predicted molar refractivity (Wildman–Crippen MR) is 48.0 cm³/mol. The molecule has 0 radical (unpaired) electrons. The quantitative estimate of drug-likeness (QED) is 0.692. The van der Waals surface area contributed by atoms with Crippen LogP contribution in [0.1, 0.15) is 25.5 Å². The number of aromatic nitrogens is 1. The summed E-state index contributed by atoms with van der Waals surface area (Å²) in [5, 5.41) is 2.53. The molecule has 3 nitrogen and oxygen atoms in total. The van der Waals surface area contributed by atoms with Gasteiger partial charge in [-0.05, 0) is 18.1 Å². The molecule has 0 aliphatic heterocycles. The zero-order valence-electron chi connectivity index (χ0n) is 7.24. The largest absolute Gasteiger partial charge is 0.327 e. The minimum absolute atomic E-state index is 0.426. The van der Waals surface area contributed by atoms with Crippen LogP contribution < -0.4 is 5.32 Å². The second-order valence-corrected chi connectivity index (χ2v) is 2.89. The Labute approximate surface area is 71.8 Å². The Morgan fingerprint density at radius 3 is 2.67 bits per heavy atom. The first-order valence-corrected chi connectivity index (χ1v) is 3.90. The van der Waals surface area contributed by atoms with Crippen molar-refractivity contribution < 1.29 is 4.79 Å². The Morgan fingerprint density at radius 2 is 2.25 bits per heavy atom. The van der Waals surface area contributed by atoms with Crippen molar-refractivity contribution in [3.05, 3.63) is 24.0 Å². The van der Waals surface area contributed by atoms with Gasteiger partial charge in [0.2, 0.25) is 6.41 Å². The highest BCUT2D eigenvalue weighted by Crippen LogP contribution is 2.12. The van der Waals surface area contributed by atoms with E-state index in [-0.39, 0.29) is 0 Å². The van der Waals surface area contributed by atoms with Gasteiger partial charge >= 0.3 is 0 Å². The molecule has 12 heavy (non-hydrogen) atoms. The van der Waals surface area contributed by atoms with Gasteiger partial charge in [-0.1, -0.05) is 13.8 Å². The SMILES string of the molecule is CC(C)c1ccc(NC=O)cn1. The predicted octanol–water partition coefficient (Wildman–Crippen LogP) is 1.77. The normalized spacial score (nSPS) is 9.92. The van der Waals surface area contributed by atoms with Crippen LogP contribution in [0.15, 0.2) is 18.3 Å². The number of pyridine rings is 1. The molecule has 0 atom stereocenters. The number of amides is 1. The van der Waals surface area contributed by atoms with E-state index in [0.717, 1.165) is 11.4 Å². The summed E-state index contributed by atoms with van der Waals surface area (Å²) in [6.45, 7) is 4.16. The minimum Gasteiger partial charge on any atom is -0.327 e. The van der Waals surface area contributed by atoms with Gasteiger partial charge < -0.3 is 5.32 Å². The van der Waals surface area contributed by atoms with E-state index < -0.39 is 0 Å². The molecule has 1 aromatic rings. The Morgan fingerprint density at radius 1 is 1.50 bits per heavy atom. The second kappa shape index (κ2) is 3.85. The fourth-order valence-electron chi connectivity index (χ4n) is 0.900. The van der Waals surface area contributed by atoms with Gasteiger partial charge in [-0.25, -0.2) is 0 Å². The summed E-state index contributed by atoms with van der Waals surface area (Å²) in [6.07, 6.45) is 2.30. The summed E-state index contributed by atoms with van der Waals surface area (Å²) in [5.74, 6) is 0.426. The number of hydrogen-bond acceptors (Lipinski definition) is 2. The van der Waals surface area contributed by atoms with Gasteiger partial charge in [0.05, 0.1) is 11.9 Å². The van der Waals surface area contributed by atoms with E-state index in [4.69, 9.17) is 0 Å². The topological polar surface area (TPSA) is 42.0 Å². The molecule has 1 rings (SSSR count). The van der Waals surface area contributed by atoms with Crippen molar-refractivity contribution >= 4 is 12.1 Å². The van der Waals surface area contributed by atoms with Gasteiger partial charge in [-0.15, -0.1) is 0 Å². The lowest BCUT2D eigenvalue weighted by Crippen LogP contribution is -1.96. The third-order valence-corrected chi connectivity index (χ3v) is 1.60. The Balaban J connectivity index is 2.78. The van der Waals surface area contributed by atoms with Crippen LogP contribution in [0.2, 0.25) is 0 Å². The molecule has 1 heterocycles. The average Bonchev–Trinajstić information content (AvgIpc) is 2.06. The molecule has 0 bridgehead atoms. The van der Waals surface area contributed by atoms with Crippen molar-refractivity contribution in [2.75, 3.05) is 5.32 Å². The van der Waals surface area contributed by atoms with Crippen LogP contribution in [-0.2, 0) is 4.79 Å². The summed E-state index contributed by atoms with van der Waals surface area (Å²) in [7, 11) is 0. The van der Waals surface area contributed by atoms with E-state index in [2.05, 4.69) is 24.1 Å². The van der Waals surface area contributed by atoms with Crippen LogP contribution in [-0.4, -0.2) is 11.4 Å². The third kappa shape index (κ3) is 2.05. The monoisotopic (exact) mass is 164 g/mol. The average molecular weight is 164 g/mol. The first kappa shape index (κ1) is 8.71. The Hall–Kier alpha value is -1.38. The van der Waals surface area contributed by atoms with E-state index in [9.17, 15) is 4.79 Å². The smallest absolute Gasteiger partial charge is 0.211 e. The molecule has 3 heteroatoms. The maximum absolute atomic E-state index is 10.1. The van der Waals surface area contributed by atoms with E-state index in [0.29, 0.717) is 12.3 Å². The highest BCUT2D eigenvalue weighted by Gasteiger charge is 1.98. The number of anilines is 1. The molecule has 0 saturated carbocycles. The molecule has 0 saturated heterocycles. The van der Waals surface area contributed by atoms with E-state index in [1.807, 2.05) is 12.1 Å². The molecule has 0 unspecified atom stereocenters. The van der Waals surface area contributed by atoms with Crippen molar-refractivity contribution in [2.45, 2.75) is 19.8 Å². The van der Waals surface area contributed by atoms with E-state index in [1.54, 1.807) is 6.20 Å². The minimum atomic E-state index is 0.426. The fourth-order valence-corrected chi connectivity index (χ4v) is 0.900. The second-order valence-electron chi connectivity index (χ2n) is 2.89. The molecule has 0 spiro atoms. The maximum Gasteiger partial charge on any atom is 0.211 e. The molecule has 0 aliphatic carbocycles. The van der Waals surface area contributed by atoms with E-state index >= 15 is 0 Å². The number of carbonyl (C=O) groups is 1.